The molecular weight excluding hydrogens is 242 g/mol. The van der Waals surface area contributed by atoms with Crippen molar-refractivity contribution in [3.63, 3.8) is 0 Å². The van der Waals surface area contributed by atoms with Gasteiger partial charge in [-0.25, -0.2) is 4.98 Å². The lowest BCUT2D eigenvalue weighted by molar-refractivity contribution is -0.119. The zero-order valence-electron chi connectivity index (χ0n) is 11.3. The van der Waals surface area contributed by atoms with E-state index in [0.29, 0.717) is 11.7 Å². The van der Waals surface area contributed by atoms with E-state index < -0.39 is 0 Å². The zero-order valence-corrected chi connectivity index (χ0v) is 11.3. The number of nitrogens with two attached hydrogens (primary N) is 1. The highest BCUT2D eigenvalue weighted by Gasteiger charge is 2.19. The van der Waals surface area contributed by atoms with Crippen LogP contribution in [0.15, 0.2) is 12.4 Å². The van der Waals surface area contributed by atoms with E-state index in [-0.39, 0.29) is 5.91 Å². The van der Waals surface area contributed by atoms with Crippen LogP contribution in [0, 0.1) is 5.92 Å². The molecule has 0 spiro atoms. The van der Waals surface area contributed by atoms with Gasteiger partial charge in [-0.3, -0.25) is 14.7 Å². The monoisotopic (exact) mass is 263 g/mol. The fourth-order valence-electron chi connectivity index (χ4n) is 2.31. The molecule has 19 heavy (non-hydrogen) atoms. The molecule has 2 rings (SSSR count). The number of nitrogens with zero attached hydrogens (tertiary/aromatic N) is 3. The average Bonchev–Trinajstić information content (AvgIpc) is 2.40. The van der Waals surface area contributed by atoms with E-state index in [1.54, 1.807) is 19.3 Å². The number of hydrogen-bond acceptors (Lipinski definition) is 5. The van der Waals surface area contributed by atoms with Crippen LogP contribution in [0.1, 0.15) is 25.5 Å². The largest absolute Gasteiger partial charge is 0.382 e. The third-order valence-corrected chi connectivity index (χ3v) is 3.46. The summed E-state index contributed by atoms with van der Waals surface area (Å²) in [5.41, 5.74) is 6.47. The van der Waals surface area contributed by atoms with E-state index in [4.69, 9.17) is 5.73 Å². The van der Waals surface area contributed by atoms with Gasteiger partial charge >= 0.3 is 0 Å². The molecule has 1 aliphatic rings. The third-order valence-electron chi connectivity index (χ3n) is 3.46. The SMILES string of the molecule is CC(=O)NCC1CCN(Cc2cnc(N)cn2)CC1. The normalized spacial score (nSPS) is 17.3. The fourth-order valence-corrected chi connectivity index (χ4v) is 2.31. The lowest BCUT2D eigenvalue weighted by atomic mass is 9.96. The van der Waals surface area contributed by atoms with Gasteiger partial charge in [0.25, 0.3) is 0 Å². The Labute approximate surface area is 113 Å². The number of nitrogen functional groups attached to an aromatic ring is 1. The van der Waals surface area contributed by atoms with Crippen LogP contribution < -0.4 is 11.1 Å². The molecule has 0 bridgehead atoms. The van der Waals surface area contributed by atoms with Crippen molar-refractivity contribution in [2.24, 2.45) is 5.92 Å². The Hall–Kier alpha value is -1.69. The van der Waals surface area contributed by atoms with Crippen molar-refractivity contribution in [2.45, 2.75) is 26.3 Å². The second-order valence-electron chi connectivity index (χ2n) is 5.09. The smallest absolute Gasteiger partial charge is 0.216 e. The first-order chi connectivity index (χ1) is 9.13. The molecule has 6 nitrogen and oxygen atoms in total. The van der Waals surface area contributed by atoms with E-state index in [0.717, 1.165) is 44.7 Å². The Balaban J connectivity index is 1.74. The highest BCUT2D eigenvalue weighted by Crippen LogP contribution is 2.17. The minimum Gasteiger partial charge on any atom is -0.382 e. The molecule has 0 aliphatic carbocycles. The summed E-state index contributed by atoms with van der Waals surface area (Å²) >= 11 is 0. The maximum atomic E-state index is 10.9. The van der Waals surface area contributed by atoms with Crippen molar-refractivity contribution in [3.05, 3.63) is 18.1 Å². The summed E-state index contributed by atoms with van der Waals surface area (Å²) < 4.78 is 0. The maximum Gasteiger partial charge on any atom is 0.216 e. The van der Waals surface area contributed by atoms with E-state index in [1.165, 1.54) is 0 Å². The molecule has 1 saturated heterocycles. The Morgan fingerprint density at radius 3 is 2.74 bits per heavy atom. The molecular formula is C13H21N5O. The number of anilines is 1. The number of amides is 1. The Morgan fingerprint density at radius 1 is 1.42 bits per heavy atom. The van der Waals surface area contributed by atoms with Crippen LogP contribution in [0.5, 0.6) is 0 Å². The van der Waals surface area contributed by atoms with Crippen molar-refractivity contribution < 1.29 is 4.79 Å². The quantitative estimate of drug-likeness (QED) is 0.822. The van der Waals surface area contributed by atoms with Crippen LogP contribution in [0.2, 0.25) is 0 Å². The molecule has 1 aromatic heterocycles. The molecule has 0 radical (unpaired) electrons. The van der Waals surface area contributed by atoms with Crippen molar-refractivity contribution in [1.29, 1.82) is 0 Å². The van der Waals surface area contributed by atoms with E-state index >= 15 is 0 Å². The molecule has 6 heteroatoms. The zero-order chi connectivity index (χ0) is 13.7. The number of rotatable bonds is 4. The summed E-state index contributed by atoms with van der Waals surface area (Å²) in [7, 11) is 0. The predicted molar refractivity (Wildman–Crippen MR) is 73.1 cm³/mol. The molecule has 1 aromatic rings. The molecule has 1 fully saturated rings. The molecule has 2 heterocycles. The van der Waals surface area contributed by atoms with Crippen molar-refractivity contribution >= 4 is 11.7 Å². The third kappa shape index (κ3) is 4.48. The van der Waals surface area contributed by atoms with E-state index in [1.807, 2.05) is 0 Å². The number of piperidine rings is 1. The van der Waals surface area contributed by atoms with Gasteiger partial charge in [0.2, 0.25) is 5.91 Å². The molecule has 1 amide bonds. The average molecular weight is 263 g/mol. The summed E-state index contributed by atoms with van der Waals surface area (Å²) in [5, 5.41) is 2.89. The van der Waals surface area contributed by atoms with Crippen LogP contribution >= 0.6 is 0 Å². The van der Waals surface area contributed by atoms with Crippen LogP contribution in [0.25, 0.3) is 0 Å². The van der Waals surface area contributed by atoms with E-state index in [9.17, 15) is 4.79 Å². The van der Waals surface area contributed by atoms with Gasteiger partial charge in [0.15, 0.2) is 0 Å². The Bertz CT molecular complexity index is 412. The van der Waals surface area contributed by atoms with Gasteiger partial charge in [0, 0.05) is 20.0 Å². The molecule has 0 saturated carbocycles. The number of aromatic nitrogens is 2. The van der Waals surface area contributed by atoms with E-state index in [2.05, 4.69) is 20.2 Å². The summed E-state index contributed by atoms with van der Waals surface area (Å²) in [6.07, 6.45) is 5.56. The van der Waals surface area contributed by atoms with Crippen LogP contribution in [-0.4, -0.2) is 40.4 Å². The number of carbonyl (C=O) groups excluding carboxylic acids is 1. The minimum atomic E-state index is 0.0552. The second kappa shape index (κ2) is 6.47. The fraction of sp³-hybridized carbons (Fsp3) is 0.615. The first-order valence-corrected chi connectivity index (χ1v) is 6.66. The van der Waals surface area contributed by atoms with Gasteiger partial charge in [0.1, 0.15) is 5.82 Å². The summed E-state index contributed by atoms with van der Waals surface area (Å²) in [5.74, 6) is 1.11. The molecule has 0 unspecified atom stereocenters. The molecule has 0 aromatic carbocycles. The molecule has 1 aliphatic heterocycles. The number of likely N-dealkylation sites (tertiary alicyclic amines) is 1. The summed E-state index contributed by atoms with van der Waals surface area (Å²) in [6, 6.07) is 0. The minimum absolute atomic E-state index is 0.0552. The first-order valence-electron chi connectivity index (χ1n) is 6.66. The first kappa shape index (κ1) is 13.7. The van der Waals surface area contributed by atoms with Crippen LogP contribution in [-0.2, 0) is 11.3 Å². The summed E-state index contributed by atoms with van der Waals surface area (Å²) in [6.45, 7) is 5.26. The van der Waals surface area contributed by atoms with Crippen molar-refractivity contribution in [2.75, 3.05) is 25.4 Å². The topological polar surface area (TPSA) is 84.1 Å². The lowest BCUT2D eigenvalue weighted by Gasteiger charge is -2.31. The standard InChI is InChI=1S/C13H21N5O/c1-10(19)15-6-11-2-4-18(5-3-11)9-12-7-17-13(14)8-16-12/h7-8,11H,2-6,9H2,1H3,(H2,14,17)(H,15,19). The Morgan fingerprint density at radius 2 is 2.16 bits per heavy atom. The number of carbonyl (C=O) groups is 1. The molecule has 0 atom stereocenters. The van der Waals surface area contributed by atoms with Crippen LogP contribution in [0.3, 0.4) is 0 Å². The highest BCUT2D eigenvalue weighted by atomic mass is 16.1. The number of hydrogen-bond donors (Lipinski definition) is 2. The molecule has 104 valence electrons. The van der Waals surface area contributed by atoms with Gasteiger partial charge in [-0.2, -0.15) is 0 Å². The molecule has 3 N–H and O–H groups in total. The van der Waals surface area contributed by atoms with Gasteiger partial charge in [-0.1, -0.05) is 0 Å². The van der Waals surface area contributed by atoms with Gasteiger partial charge in [0.05, 0.1) is 18.1 Å². The van der Waals surface area contributed by atoms with Crippen LogP contribution in [0.4, 0.5) is 5.82 Å². The van der Waals surface area contributed by atoms with Gasteiger partial charge < -0.3 is 11.1 Å². The second-order valence-corrected chi connectivity index (χ2v) is 5.09. The van der Waals surface area contributed by atoms with Crippen molar-refractivity contribution in [1.82, 2.24) is 20.2 Å². The summed E-state index contributed by atoms with van der Waals surface area (Å²) in [4.78, 5) is 21.6. The number of nitrogens with one attached hydrogen (secondary N) is 1. The predicted octanol–water partition coefficient (Wildman–Crippen LogP) is 0.407. The Kier molecular flexibility index (Phi) is 4.68. The van der Waals surface area contributed by atoms with Gasteiger partial charge in [-0.15, -0.1) is 0 Å². The van der Waals surface area contributed by atoms with Gasteiger partial charge in [-0.05, 0) is 31.8 Å². The maximum absolute atomic E-state index is 10.9. The van der Waals surface area contributed by atoms with Crippen molar-refractivity contribution in [3.8, 4) is 0 Å². The lowest BCUT2D eigenvalue weighted by Crippen LogP contribution is -2.38. The highest BCUT2D eigenvalue weighted by molar-refractivity contribution is 5.72.